The average Bonchev–Trinajstić information content (AvgIpc) is 3.27. The van der Waals surface area contributed by atoms with E-state index in [-0.39, 0.29) is 11.8 Å². The van der Waals surface area contributed by atoms with Crippen LogP contribution >= 0.6 is 34.7 Å². The van der Waals surface area contributed by atoms with E-state index in [0.717, 1.165) is 27.8 Å². The second kappa shape index (κ2) is 8.05. The highest BCUT2D eigenvalue weighted by molar-refractivity contribution is 7.99. The average molecular weight is 381 g/mol. The van der Waals surface area contributed by atoms with Crippen LogP contribution < -0.4 is 10.6 Å². The van der Waals surface area contributed by atoms with E-state index >= 15 is 0 Å². The zero-order valence-electron chi connectivity index (χ0n) is 12.9. The number of amides is 2. The molecule has 1 saturated carbocycles. The summed E-state index contributed by atoms with van der Waals surface area (Å²) >= 11 is 8.94. The molecule has 0 unspecified atom stereocenters. The fourth-order valence-electron chi connectivity index (χ4n) is 2.11. The first-order valence-electron chi connectivity index (χ1n) is 7.63. The van der Waals surface area contributed by atoms with Crippen LogP contribution in [0, 0.1) is 0 Å². The molecule has 2 amide bonds. The van der Waals surface area contributed by atoms with Crippen LogP contribution in [0.5, 0.6) is 0 Å². The van der Waals surface area contributed by atoms with E-state index in [1.807, 2.05) is 12.1 Å². The Morgan fingerprint density at radius 3 is 2.79 bits per heavy atom. The first-order chi connectivity index (χ1) is 11.6. The Labute approximate surface area is 154 Å². The lowest BCUT2D eigenvalue weighted by Gasteiger charge is -2.08. The first-order valence-corrected chi connectivity index (χ1v) is 9.98. The minimum absolute atomic E-state index is 0.0811. The third-order valence-electron chi connectivity index (χ3n) is 3.43. The van der Waals surface area contributed by atoms with E-state index in [2.05, 4.69) is 10.6 Å². The SMILES string of the molecule is O=C(CSCc1ccc(Cl)s1)Nc1cccc(C(=O)NC2CC2)c1. The Morgan fingerprint density at radius 1 is 1.25 bits per heavy atom. The van der Waals surface area contributed by atoms with Crippen molar-refractivity contribution in [3.05, 3.63) is 51.2 Å². The molecule has 1 fully saturated rings. The third kappa shape index (κ3) is 5.26. The molecule has 3 rings (SSSR count). The number of anilines is 1. The largest absolute Gasteiger partial charge is 0.349 e. The molecule has 1 aromatic carbocycles. The summed E-state index contributed by atoms with van der Waals surface area (Å²) in [5.74, 6) is 0.947. The van der Waals surface area contributed by atoms with Gasteiger partial charge >= 0.3 is 0 Å². The maximum Gasteiger partial charge on any atom is 0.251 e. The number of halogens is 1. The van der Waals surface area contributed by atoms with Gasteiger partial charge in [0.2, 0.25) is 5.91 Å². The van der Waals surface area contributed by atoms with Crippen LogP contribution in [0.2, 0.25) is 4.34 Å². The number of nitrogens with one attached hydrogen (secondary N) is 2. The molecule has 0 atom stereocenters. The number of hydrogen-bond acceptors (Lipinski definition) is 4. The van der Waals surface area contributed by atoms with E-state index in [9.17, 15) is 9.59 Å². The van der Waals surface area contributed by atoms with Gasteiger partial charge in [-0.2, -0.15) is 0 Å². The van der Waals surface area contributed by atoms with Crippen LogP contribution in [0.25, 0.3) is 0 Å². The van der Waals surface area contributed by atoms with E-state index in [4.69, 9.17) is 11.6 Å². The first kappa shape index (κ1) is 17.3. The quantitative estimate of drug-likeness (QED) is 0.758. The van der Waals surface area contributed by atoms with Gasteiger partial charge in [-0.25, -0.2) is 0 Å². The lowest BCUT2D eigenvalue weighted by molar-refractivity contribution is -0.113. The van der Waals surface area contributed by atoms with Gasteiger partial charge in [-0.1, -0.05) is 17.7 Å². The summed E-state index contributed by atoms with van der Waals surface area (Å²) in [6.45, 7) is 0. The molecule has 0 bridgehead atoms. The molecule has 0 radical (unpaired) electrons. The van der Waals surface area contributed by atoms with Crippen molar-refractivity contribution in [3.8, 4) is 0 Å². The Hall–Kier alpha value is -1.50. The predicted molar refractivity (Wildman–Crippen MR) is 101 cm³/mol. The standard InChI is InChI=1S/C17H17ClN2O2S2/c18-15-7-6-14(24-15)9-23-10-16(21)19-13-3-1-2-11(8-13)17(22)20-12-4-5-12/h1-3,6-8,12H,4-5,9-10H2,(H,19,21)(H,20,22). The van der Waals surface area contributed by atoms with Crippen molar-refractivity contribution >= 4 is 52.2 Å². The van der Waals surface area contributed by atoms with Gasteiger partial charge in [0.1, 0.15) is 0 Å². The van der Waals surface area contributed by atoms with Crippen molar-refractivity contribution in [1.29, 1.82) is 0 Å². The van der Waals surface area contributed by atoms with Crippen molar-refractivity contribution in [1.82, 2.24) is 5.32 Å². The van der Waals surface area contributed by atoms with E-state index < -0.39 is 0 Å². The van der Waals surface area contributed by atoms with Gasteiger partial charge < -0.3 is 10.6 Å². The predicted octanol–water partition coefficient (Wildman–Crippen LogP) is 4.17. The van der Waals surface area contributed by atoms with Crippen molar-refractivity contribution < 1.29 is 9.59 Å². The number of carbonyl (C=O) groups excluding carboxylic acids is 2. The summed E-state index contributed by atoms with van der Waals surface area (Å²) in [5, 5.41) is 5.77. The molecule has 1 heterocycles. The molecule has 126 valence electrons. The number of thioether (sulfide) groups is 1. The molecule has 2 N–H and O–H groups in total. The number of benzene rings is 1. The van der Waals surface area contributed by atoms with Crippen LogP contribution in [0.3, 0.4) is 0 Å². The van der Waals surface area contributed by atoms with Gasteiger partial charge in [-0.3, -0.25) is 9.59 Å². The van der Waals surface area contributed by atoms with E-state index in [0.29, 0.717) is 23.0 Å². The lowest BCUT2D eigenvalue weighted by Crippen LogP contribution is -2.25. The summed E-state index contributed by atoms with van der Waals surface area (Å²) in [7, 11) is 0. The zero-order chi connectivity index (χ0) is 16.9. The van der Waals surface area contributed by atoms with Gasteiger partial charge in [0.15, 0.2) is 0 Å². The molecule has 1 aliphatic rings. The number of carbonyl (C=O) groups is 2. The molecule has 1 aliphatic carbocycles. The summed E-state index contributed by atoms with van der Waals surface area (Å²) < 4.78 is 0.761. The highest BCUT2D eigenvalue weighted by Crippen LogP contribution is 2.25. The normalized spacial score (nSPS) is 13.5. The van der Waals surface area contributed by atoms with Crippen LogP contribution in [-0.2, 0) is 10.5 Å². The number of rotatable bonds is 7. The molecule has 0 saturated heterocycles. The lowest BCUT2D eigenvalue weighted by atomic mass is 10.2. The molecular weight excluding hydrogens is 364 g/mol. The summed E-state index contributed by atoms with van der Waals surface area (Å²) in [5.41, 5.74) is 1.21. The van der Waals surface area contributed by atoms with Gasteiger partial charge in [0, 0.05) is 27.9 Å². The van der Waals surface area contributed by atoms with Crippen LogP contribution in [0.4, 0.5) is 5.69 Å². The van der Waals surface area contributed by atoms with Crippen molar-refractivity contribution in [2.24, 2.45) is 0 Å². The molecule has 0 spiro atoms. The molecule has 1 aromatic heterocycles. The number of hydrogen-bond donors (Lipinski definition) is 2. The maximum absolute atomic E-state index is 12.0. The molecule has 2 aromatic rings. The summed E-state index contributed by atoms with van der Waals surface area (Å²) in [6, 6.07) is 11.2. The molecule has 4 nitrogen and oxygen atoms in total. The van der Waals surface area contributed by atoms with Crippen LogP contribution in [0.1, 0.15) is 28.1 Å². The molecule has 0 aliphatic heterocycles. The maximum atomic E-state index is 12.0. The second-order valence-electron chi connectivity index (χ2n) is 5.58. The van der Waals surface area contributed by atoms with E-state index in [1.165, 1.54) is 23.1 Å². The fraction of sp³-hybridized carbons (Fsp3) is 0.294. The molecule has 24 heavy (non-hydrogen) atoms. The Balaban J connectivity index is 1.47. The fourth-order valence-corrected chi connectivity index (χ4v) is 4.13. The van der Waals surface area contributed by atoms with Gasteiger partial charge in [0.25, 0.3) is 5.91 Å². The van der Waals surface area contributed by atoms with E-state index in [1.54, 1.807) is 24.3 Å². The Morgan fingerprint density at radius 2 is 2.08 bits per heavy atom. The van der Waals surface area contributed by atoms with Crippen molar-refractivity contribution in [3.63, 3.8) is 0 Å². The summed E-state index contributed by atoms with van der Waals surface area (Å²) in [6.07, 6.45) is 2.10. The topological polar surface area (TPSA) is 58.2 Å². The zero-order valence-corrected chi connectivity index (χ0v) is 15.3. The minimum Gasteiger partial charge on any atom is -0.349 e. The van der Waals surface area contributed by atoms with Crippen LogP contribution in [0.15, 0.2) is 36.4 Å². The minimum atomic E-state index is -0.0856. The van der Waals surface area contributed by atoms with Crippen molar-refractivity contribution in [2.75, 3.05) is 11.1 Å². The van der Waals surface area contributed by atoms with Crippen molar-refractivity contribution in [2.45, 2.75) is 24.6 Å². The third-order valence-corrected chi connectivity index (χ3v) is 5.82. The Bertz CT molecular complexity index is 744. The molecular formula is C17H17ClN2O2S2. The Kier molecular flexibility index (Phi) is 5.81. The number of thiophene rings is 1. The van der Waals surface area contributed by atoms with Gasteiger partial charge in [0.05, 0.1) is 10.1 Å². The molecule has 7 heteroatoms. The monoisotopic (exact) mass is 380 g/mol. The van der Waals surface area contributed by atoms with Gasteiger partial charge in [-0.15, -0.1) is 23.1 Å². The van der Waals surface area contributed by atoms with Gasteiger partial charge in [-0.05, 0) is 43.2 Å². The summed E-state index contributed by atoms with van der Waals surface area (Å²) in [4.78, 5) is 25.2. The highest BCUT2D eigenvalue weighted by Gasteiger charge is 2.23. The second-order valence-corrected chi connectivity index (χ2v) is 8.36. The smallest absolute Gasteiger partial charge is 0.251 e. The highest BCUT2D eigenvalue weighted by atomic mass is 35.5. The van der Waals surface area contributed by atoms with Crippen LogP contribution in [-0.4, -0.2) is 23.6 Å².